The van der Waals surface area contributed by atoms with Crippen molar-refractivity contribution < 1.29 is 0 Å². The van der Waals surface area contributed by atoms with Crippen LogP contribution in [0.3, 0.4) is 0 Å². The van der Waals surface area contributed by atoms with E-state index in [1.807, 2.05) is 22.7 Å². The van der Waals surface area contributed by atoms with Gasteiger partial charge in [0.25, 0.3) is 0 Å². The molecule has 59 heavy (non-hydrogen) atoms. The second-order valence-electron chi connectivity index (χ2n) is 16.7. The highest BCUT2D eigenvalue weighted by atomic mass is 32.1. The minimum Gasteiger partial charge on any atom is -0.135 e. The molecule has 0 aliphatic heterocycles. The highest BCUT2D eigenvalue weighted by Gasteiger charge is 2.37. The van der Waals surface area contributed by atoms with E-state index in [4.69, 9.17) is 0 Å². The Kier molecular flexibility index (Phi) is 6.92. The fourth-order valence-electron chi connectivity index (χ4n) is 10.7. The quantitative estimate of drug-likeness (QED) is 0.157. The maximum Gasteiger partial charge on any atom is 0.0368 e. The van der Waals surface area contributed by atoms with Crippen LogP contribution < -0.4 is 0 Å². The molecule has 0 N–H and O–H groups in total. The Labute approximate surface area is 350 Å². The molecule has 12 aromatic rings. The average molecular weight is 785 g/mol. The van der Waals surface area contributed by atoms with Gasteiger partial charge in [0.2, 0.25) is 0 Å². The maximum absolute atomic E-state index is 2.46. The topological polar surface area (TPSA) is 0 Å². The van der Waals surface area contributed by atoms with Crippen molar-refractivity contribution in [1.82, 2.24) is 0 Å². The molecule has 0 atom stereocenters. The van der Waals surface area contributed by atoms with Gasteiger partial charge in [-0.25, -0.2) is 0 Å². The van der Waals surface area contributed by atoms with Gasteiger partial charge in [-0.2, -0.15) is 0 Å². The minimum atomic E-state index is -0.0753. The van der Waals surface area contributed by atoms with Gasteiger partial charge in [0.1, 0.15) is 0 Å². The first kappa shape index (κ1) is 33.4. The van der Waals surface area contributed by atoms with Crippen LogP contribution in [0.2, 0.25) is 0 Å². The molecule has 1 aliphatic carbocycles. The second kappa shape index (κ2) is 12.2. The smallest absolute Gasteiger partial charge is 0.0368 e. The summed E-state index contributed by atoms with van der Waals surface area (Å²) in [5.74, 6) is 0. The lowest BCUT2D eigenvalue weighted by Gasteiger charge is -2.22. The minimum absolute atomic E-state index is 0.0753. The summed E-state index contributed by atoms with van der Waals surface area (Å²) in [6, 6.07) is 68.5. The summed E-state index contributed by atoms with van der Waals surface area (Å²) >= 11 is 3.81. The molecular formula is C57H36S2. The zero-order valence-electron chi connectivity index (χ0n) is 32.6. The first-order valence-corrected chi connectivity index (χ1v) is 22.1. The van der Waals surface area contributed by atoms with Crippen LogP contribution in [0.15, 0.2) is 182 Å². The van der Waals surface area contributed by atoms with Gasteiger partial charge in [0.15, 0.2) is 0 Å². The van der Waals surface area contributed by atoms with E-state index in [0.717, 1.165) is 0 Å². The van der Waals surface area contributed by atoms with Gasteiger partial charge >= 0.3 is 0 Å². The zero-order valence-corrected chi connectivity index (χ0v) is 34.3. The Morgan fingerprint density at radius 2 is 0.847 bits per heavy atom. The number of hydrogen-bond donors (Lipinski definition) is 0. The highest BCUT2D eigenvalue weighted by Crippen LogP contribution is 2.55. The molecule has 2 heterocycles. The molecule has 276 valence electrons. The summed E-state index contributed by atoms with van der Waals surface area (Å²) in [7, 11) is 0. The van der Waals surface area contributed by atoms with Crippen molar-refractivity contribution in [2.45, 2.75) is 19.3 Å². The van der Waals surface area contributed by atoms with Crippen molar-refractivity contribution in [2.24, 2.45) is 0 Å². The molecule has 0 radical (unpaired) electrons. The van der Waals surface area contributed by atoms with E-state index in [9.17, 15) is 0 Å². The van der Waals surface area contributed by atoms with Crippen LogP contribution >= 0.6 is 22.7 Å². The SMILES string of the molecule is CC1(C)c2ccccc2-c2ccc3sc4cc(-c5ccc(-c6c7ccccc7c(-c7ccc8sc9ccccc9c8c7)c7ccccc67)cc5)c5ccccc5c4c3c21. The Bertz CT molecular complexity index is 3690. The van der Waals surface area contributed by atoms with E-state index >= 15 is 0 Å². The standard InChI is InChI=1S/C57H36S2/c1-57(2)47-21-11-9-14-37(47)44-28-30-50-55(56(44)57)54-39-16-4-3-13-36(39)45(32-51(54)59-50)33-23-25-34(26-24-33)52-40-17-5-7-19-42(40)53(43-20-8-6-18-41(43)52)35-27-29-49-46(31-35)38-15-10-12-22-48(38)58-49/h3-32H,1-2H3. The molecule has 0 saturated carbocycles. The van der Waals surface area contributed by atoms with Crippen molar-refractivity contribution in [3.63, 3.8) is 0 Å². The first-order valence-electron chi connectivity index (χ1n) is 20.5. The van der Waals surface area contributed by atoms with Gasteiger partial charge in [-0.15, -0.1) is 22.7 Å². The molecule has 0 nitrogen and oxygen atoms in total. The van der Waals surface area contributed by atoms with Gasteiger partial charge in [-0.1, -0.05) is 166 Å². The van der Waals surface area contributed by atoms with E-state index < -0.39 is 0 Å². The first-order chi connectivity index (χ1) is 29.0. The molecule has 13 rings (SSSR count). The molecule has 0 amide bonds. The molecule has 1 aliphatic rings. The van der Waals surface area contributed by atoms with Crippen LogP contribution in [0.4, 0.5) is 0 Å². The number of benzene rings is 10. The summed E-state index contributed by atoms with van der Waals surface area (Å²) in [4.78, 5) is 0. The Morgan fingerprint density at radius 3 is 1.58 bits per heavy atom. The number of hydrogen-bond acceptors (Lipinski definition) is 2. The van der Waals surface area contributed by atoms with E-state index in [1.54, 1.807) is 0 Å². The van der Waals surface area contributed by atoms with Crippen molar-refractivity contribution in [1.29, 1.82) is 0 Å². The van der Waals surface area contributed by atoms with Crippen LogP contribution in [0.25, 0.3) is 117 Å². The van der Waals surface area contributed by atoms with Crippen molar-refractivity contribution in [3.05, 3.63) is 193 Å². The molecule has 0 fully saturated rings. The Balaban J connectivity index is 0.988. The van der Waals surface area contributed by atoms with Gasteiger partial charge in [-0.05, 0) is 118 Å². The molecule has 10 aromatic carbocycles. The molecule has 0 spiro atoms. The largest absolute Gasteiger partial charge is 0.135 e. The predicted molar refractivity (Wildman–Crippen MR) is 259 cm³/mol. The molecule has 2 heteroatoms. The summed E-state index contributed by atoms with van der Waals surface area (Å²) in [5, 5.41) is 13.2. The summed E-state index contributed by atoms with van der Waals surface area (Å²) < 4.78 is 5.38. The maximum atomic E-state index is 2.46. The van der Waals surface area contributed by atoms with Crippen molar-refractivity contribution >= 4 is 95.3 Å². The molecule has 0 unspecified atom stereocenters. The van der Waals surface area contributed by atoms with E-state index in [-0.39, 0.29) is 5.41 Å². The second-order valence-corrected chi connectivity index (χ2v) is 18.9. The van der Waals surface area contributed by atoms with E-state index in [1.165, 1.54) is 128 Å². The van der Waals surface area contributed by atoms with E-state index in [0.29, 0.717) is 0 Å². The fourth-order valence-corrected chi connectivity index (χ4v) is 12.9. The number of thiophene rings is 2. The third kappa shape index (κ3) is 4.65. The predicted octanol–water partition coefficient (Wildman–Crippen LogP) is 17.2. The van der Waals surface area contributed by atoms with E-state index in [2.05, 4.69) is 196 Å². The third-order valence-electron chi connectivity index (χ3n) is 13.2. The van der Waals surface area contributed by atoms with Crippen LogP contribution in [0.5, 0.6) is 0 Å². The number of fused-ring (bicyclic) bond motifs is 14. The molecular weight excluding hydrogens is 749 g/mol. The molecule has 2 aromatic heterocycles. The van der Waals surface area contributed by atoms with Crippen molar-refractivity contribution in [3.8, 4) is 44.5 Å². The van der Waals surface area contributed by atoms with Gasteiger partial charge in [0.05, 0.1) is 0 Å². The normalized spacial score (nSPS) is 13.4. The summed E-state index contributed by atoms with van der Waals surface area (Å²) in [6.07, 6.45) is 0. The fraction of sp³-hybridized carbons (Fsp3) is 0.0526. The van der Waals surface area contributed by atoms with Crippen molar-refractivity contribution in [2.75, 3.05) is 0 Å². The lowest BCUT2D eigenvalue weighted by Crippen LogP contribution is -2.15. The van der Waals surface area contributed by atoms with Gasteiger partial charge < -0.3 is 0 Å². The number of rotatable bonds is 3. The zero-order chi connectivity index (χ0) is 39.0. The third-order valence-corrected chi connectivity index (χ3v) is 15.5. The Morgan fingerprint density at radius 1 is 0.322 bits per heavy atom. The van der Waals surface area contributed by atoms with Crippen LogP contribution in [-0.4, -0.2) is 0 Å². The van der Waals surface area contributed by atoms with Crippen LogP contribution in [0.1, 0.15) is 25.0 Å². The highest BCUT2D eigenvalue weighted by molar-refractivity contribution is 7.26. The average Bonchev–Trinajstić information content (AvgIpc) is 3.92. The van der Waals surface area contributed by atoms with Crippen LogP contribution in [-0.2, 0) is 5.41 Å². The molecule has 0 saturated heterocycles. The van der Waals surface area contributed by atoms with Gasteiger partial charge in [0, 0.05) is 45.8 Å². The summed E-state index contributed by atoms with van der Waals surface area (Å²) in [6.45, 7) is 4.81. The summed E-state index contributed by atoms with van der Waals surface area (Å²) in [5.41, 5.74) is 13.2. The Hall–Kier alpha value is -6.58. The lowest BCUT2D eigenvalue weighted by atomic mass is 9.80. The van der Waals surface area contributed by atoms with Crippen LogP contribution in [0, 0.1) is 0 Å². The van der Waals surface area contributed by atoms with Gasteiger partial charge in [-0.3, -0.25) is 0 Å². The lowest BCUT2D eigenvalue weighted by molar-refractivity contribution is 0.667. The monoisotopic (exact) mass is 784 g/mol. The molecule has 0 bridgehead atoms.